The van der Waals surface area contributed by atoms with Crippen LogP contribution >= 0.6 is 11.3 Å². The van der Waals surface area contributed by atoms with Crippen molar-refractivity contribution >= 4 is 16.5 Å². The van der Waals surface area contributed by atoms with Gasteiger partial charge in [0.2, 0.25) is 0 Å². The number of pyridine rings is 1. The van der Waals surface area contributed by atoms with Crippen molar-refractivity contribution in [2.75, 3.05) is 5.73 Å². The van der Waals surface area contributed by atoms with E-state index in [1.807, 2.05) is 23.6 Å². The Balaban J connectivity index is 2.45. The highest BCUT2D eigenvalue weighted by atomic mass is 32.1. The lowest BCUT2D eigenvalue weighted by Gasteiger charge is -1.91. The van der Waals surface area contributed by atoms with Gasteiger partial charge in [-0.3, -0.25) is 4.98 Å². The third-order valence-corrected chi connectivity index (χ3v) is 2.12. The Morgan fingerprint density at radius 1 is 1.25 bits per heavy atom. The van der Waals surface area contributed by atoms with Crippen molar-refractivity contribution in [3.05, 3.63) is 29.8 Å². The second kappa shape index (κ2) is 2.91. The lowest BCUT2D eigenvalue weighted by molar-refractivity contribution is 1.28. The van der Waals surface area contributed by atoms with Crippen LogP contribution in [0.3, 0.4) is 0 Å². The molecule has 3 nitrogen and oxygen atoms in total. The Labute approximate surface area is 73.9 Å². The van der Waals surface area contributed by atoms with Gasteiger partial charge in [-0.1, -0.05) is 6.07 Å². The molecule has 2 heterocycles. The number of rotatable bonds is 1. The van der Waals surface area contributed by atoms with Gasteiger partial charge in [-0.05, 0) is 12.1 Å². The molecular formula is C8H7N3S. The van der Waals surface area contributed by atoms with Gasteiger partial charge in [-0.2, -0.15) is 0 Å². The van der Waals surface area contributed by atoms with Crippen molar-refractivity contribution in [1.82, 2.24) is 9.97 Å². The van der Waals surface area contributed by atoms with Gasteiger partial charge >= 0.3 is 0 Å². The molecule has 0 spiro atoms. The molecule has 0 radical (unpaired) electrons. The number of nitrogens with two attached hydrogens (primary N) is 1. The number of anilines is 1. The maximum atomic E-state index is 5.50. The molecule has 0 bridgehead atoms. The number of thiazole rings is 1. The summed E-state index contributed by atoms with van der Waals surface area (Å²) in [4.78, 5) is 8.27. The Morgan fingerprint density at radius 2 is 2.17 bits per heavy atom. The topological polar surface area (TPSA) is 51.8 Å². The SMILES string of the molecule is Nc1nc(-c2ccccn2)cs1. The molecule has 0 aliphatic heterocycles. The lowest BCUT2D eigenvalue weighted by atomic mass is 10.3. The van der Waals surface area contributed by atoms with E-state index in [0.29, 0.717) is 5.13 Å². The maximum absolute atomic E-state index is 5.50. The summed E-state index contributed by atoms with van der Waals surface area (Å²) in [6.07, 6.45) is 1.74. The van der Waals surface area contributed by atoms with E-state index in [4.69, 9.17) is 5.73 Å². The highest BCUT2D eigenvalue weighted by Crippen LogP contribution is 2.20. The fourth-order valence-electron chi connectivity index (χ4n) is 0.920. The van der Waals surface area contributed by atoms with Crippen molar-refractivity contribution in [3.63, 3.8) is 0 Å². The van der Waals surface area contributed by atoms with Crippen LogP contribution in [0.15, 0.2) is 29.8 Å². The first-order valence-corrected chi connectivity index (χ1v) is 4.36. The molecule has 12 heavy (non-hydrogen) atoms. The van der Waals surface area contributed by atoms with Gasteiger partial charge in [0.05, 0.1) is 5.69 Å². The minimum atomic E-state index is 0.579. The molecule has 0 unspecified atom stereocenters. The minimum absolute atomic E-state index is 0.579. The monoisotopic (exact) mass is 177 g/mol. The fourth-order valence-corrected chi connectivity index (χ4v) is 1.48. The van der Waals surface area contributed by atoms with Crippen LogP contribution in [0.25, 0.3) is 11.4 Å². The molecule has 2 aromatic rings. The van der Waals surface area contributed by atoms with Crippen molar-refractivity contribution in [2.45, 2.75) is 0 Å². The number of hydrogen-bond acceptors (Lipinski definition) is 4. The van der Waals surface area contributed by atoms with Crippen LogP contribution in [-0.4, -0.2) is 9.97 Å². The van der Waals surface area contributed by atoms with Gasteiger partial charge < -0.3 is 5.73 Å². The summed E-state index contributed by atoms with van der Waals surface area (Å²) in [5, 5.41) is 2.48. The van der Waals surface area contributed by atoms with Gasteiger partial charge in [-0.15, -0.1) is 11.3 Å². The van der Waals surface area contributed by atoms with Crippen molar-refractivity contribution in [1.29, 1.82) is 0 Å². The van der Waals surface area contributed by atoms with Crippen LogP contribution in [0.1, 0.15) is 0 Å². The third kappa shape index (κ3) is 1.29. The smallest absolute Gasteiger partial charge is 0.180 e. The predicted octanol–water partition coefficient (Wildman–Crippen LogP) is 1.79. The predicted molar refractivity (Wildman–Crippen MR) is 49.8 cm³/mol. The lowest BCUT2D eigenvalue weighted by Crippen LogP contribution is -1.84. The first-order valence-electron chi connectivity index (χ1n) is 3.48. The van der Waals surface area contributed by atoms with Crippen LogP contribution in [0.5, 0.6) is 0 Å². The number of nitrogens with zero attached hydrogens (tertiary/aromatic N) is 2. The van der Waals surface area contributed by atoms with Crippen molar-refractivity contribution < 1.29 is 0 Å². The van der Waals surface area contributed by atoms with Crippen LogP contribution in [0.2, 0.25) is 0 Å². The zero-order valence-corrected chi connectivity index (χ0v) is 7.08. The number of hydrogen-bond donors (Lipinski definition) is 1. The molecule has 60 valence electrons. The Kier molecular flexibility index (Phi) is 1.75. The van der Waals surface area contributed by atoms with Crippen molar-refractivity contribution in [3.8, 4) is 11.4 Å². The first-order chi connectivity index (χ1) is 5.86. The van der Waals surface area contributed by atoms with E-state index in [2.05, 4.69) is 9.97 Å². The van der Waals surface area contributed by atoms with E-state index in [9.17, 15) is 0 Å². The summed E-state index contributed by atoms with van der Waals surface area (Å²) in [6.45, 7) is 0. The zero-order valence-electron chi connectivity index (χ0n) is 6.27. The molecule has 0 aliphatic rings. The van der Waals surface area contributed by atoms with Crippen LogP contribution in [0.4, 0.5) is 5.13 Å². The zero-order chi connectivity index (χ0) is 8.39. The van der Waals surface area contributed by atoms with Gasteiger partial charge in [-0.25, -0.2) is 4.98 Å². The molecule has 0 fully saturated rings. The molecular weight excluding hydrogens is 170 g/mol. The minimum Gasteiger partial charge on any atom is -0.375 e. The summed E-state index contributed by atoms with van der Waals surface area (Å²) in [6, 6.07) is 5.71. The average Bonchev–Trinajstić information content (AvgIpc) is 2.54. The standard InChI is InChI=1S/C8H7N3S/c9-8-11-7(5-12-8)6-3-1-2-4-10-6/h1-5H,(H2,9,11). The molecule has 0 saturated heterocycles. The molecule has 4 heteroatoms. The van der Waals surface area contributed by atoms with E-state index < -0.39 is 0 Å². The van der Waals surface area contributed by atoms with E-state index >= 15 is 0 Å². The van der Waals surface area contributed by atoms with E-state index in [0.717, 1.165) is 11.4 Å². The van der Waals surface area contributed by atoms with Gasteiger partial charge in [0.15, 0.2) is 5.13 Å². The molecule has 2 aromatic heterocycles. The van der Waals surface area contributed by atoms with Crippen LogP contribution in [-0.2, 0) is 0 Å². The Morgan fingerprint density at radius 3 is 2.75 bits per heavy atom. The van der Waals surface area contributed by atoms with Crippen LogP contribution < -0.4 is 5.73 Å². The van der Waals surface area contributed by atoms with Gasteiger partial charge in [0.1, 0.15) is 5.69 Å². The highest BCUT2D eigenvalue weighted by molar-refractivity contribution is 7.13. The molecule has 0 saturated carbocycles. The fraction of sp³-hybridized carbons (Fsp3) is 0. The summed E-state index contributed by atoms with van der Waals surface area (Å²) in [5.74, 6) is 0. The van der Waals surface area contributed by atoms with Gasteiger partial charge in [0.25, 0.3) is 0 Å². The first kappa shape index (κ1) is 7.24. The molecule has 0 atom stereocenters. The summed E-state index contributed by atoms with van der Waals surface area (Å²) < 4.78 is 0. The van der Waals surface area contributed by atoms with Crippen LogP contribution in [0, 0.1) is 0 Å². The molecule has 0 aromatic carbocycles. The normalized spacial score (nSPS) is 10.0. The highest BCUT2D eigenvalue weighted by Gasteiger charge is 2.01. The summed E-state index contributed by atoms with van der Waals surface area (Å²) >= 11 is 1.43. The number of nitrogen functional groups attached to an aromatic ring is 1. The van der Waals surface area contributed by atoms with E-state index in [1.165, 1.54) is 11.3 Å². The Hall–Kier alpha value is -1.42. The second-order valence-corrected chi connectivity index (χ2v) is 3.18. The van der Waals surface area contributed by atoms with E-state index in [-0.39, 0.29) is 0 Å². The van der Waals surface area contributed by atoms with E-state index in [1.54, 1.807) is 6.20 Å². The third-order valence-electron chi connectivity index (χ3n) is 1.45. The molecule has 0 aliphatic carbocycles. The molecule has 2 N–H and O–H groups in total. The second-order valence-electron chi connectivity index (χ2n) is 2.29. The Bertz CT molecular complexity index is 369. The average molecular weight is 177 g/mol. The van der Waals surface area contributed by atoms with Crippen molar-refractivity contribution in [2.24, 2.45) is 0 Å². The molecule has 0 amide bonds. The molecule has 2 rings (SSSR count). The van der Waals surface area contributed by atoms with Gasteiger partial charge in [0, 0.05) is 11.6 Å². The number of aromatic nitrogens is 2. The quantitative estimate of drug-likeness (QED) is 0.722. The maximum Gasteiger partial charge on any atom is 0.180 e. The summed E-state index contributed by atoms with van der Waals surface area (Å²) in [5.41, 5.74) is 7.21. The largest absolute Gasteiger partial charge is 0.375 e. The summed E-state index contributed by atoms with van der Waals surface area (Å²) in [7, 11) is 0.